The first-order valence-corrected chi connectivity index (χ1v) is 10.8. The Morgan fingerprint density at radius 1 is 1.03 bits per heavy atom. The molecule has 1 atom stereocenters. The van der Waals surface area contributed by atoms with E-state index in [9.17, 15) is 14.7 Å². The Labute approximate surface area is 193 Å². The number of aromatic nitrogens is 1. The van der Waals surface area contributed by atoms with Crippen LogP contribution in [0.25, 0.3) is 5.76 Å². The number of amides is 1. The number of ketones is 1. The first kappa shape index (κ1) is 22.3. The number of hydrogen-bond acceptors (Lipinski definition) is 5. The predicted molar refractivity (Wildman–Crippen MR) is 127 cm³/mol. The molecule has 168 valence electrons. The number of rotatable bonds is 5. The van der Waals surface area contributed by atoms with Crippen LogP contribution in [0, 0.1) is 6.92 Å². The quantitative estimate of drug-likeness (QED) is 0.336. The summed E-state index contributed by atoms with van der Waals surface area (Å²) in [7, 11) is 1.56. The first-order valence-electron chi connectivity index (χ1n) is 10.8. The Balaban J connectivity index is 1.90. The topological polar surface area (TPSA) is 79.7 Å². The molecule has 2 aromatic carbocycles. The lowest BCUT2D eigenvalue weighted by atomic mass is 9.94. The third-order valence-corrected chi connectivity index (χ3v) is 5.99. The Morgan fingerprint density at radius 3 is 2.27 bits per heavy atom. The van der Waals surface area contributed by atoms with Gasteiger partial charge in [-0.15, -0.1) is 0 Å². The van der Waals surface area contributed by atoms with Crippen LogP contribution >= 0.6 is 0 Å². The zero-order valence-corrected chi connectivity index (χ0v) is 19.1. The van der Waals surface area contributed by atoms with Gasteiger partial charge in [0.15, 0.2) is 0 Å². The summed E-state index contributed by atoms with van der Waals surface area (Å²) in [6.45, 7) is 6.00. The number of aryl methyl sites for hydroxylation is 1. The molecule has 1 saturated heterocycles. The molecule has 0 saturated carbocycles. The Bertz CT molecular complexity index is 1230. The molecule has 0 aliphatic carbocycles. The number of benzene rings is 2. The second-order valence-corrected chi connectivity index (χ2v) is 8.38. The van der Waals surface area contributed by atoms with E-state index in [0.29, 0.717) is 28.5 Å². The van der Waals surface area contributed by atoms with Crippen LogP contribution in [0.5, 0.6) is 5.75 Å². The Morgan fingerprint density at radius 2 is 1.70 bits per heavy atom. The molecule has 1 unspecified atom stereocenters. The standard InChI is InChI=1S/C27H26N2O4/c1-16(2)18-5-7-20(8-6-18)29-24(19-11-13-28-14-12-19)23(26(31)27(29)32)25(30)22-10-9-21(33-4)15-17(22)3/h5-16,24,30H,1-4H3/b25-23-. The fraction of sp³-hybridized carbons (Fsp3) is 0.222. The van der Waals surface area contributed by atoms with Gasteiger partial charge in [0.05, 0.1) is 18.7 Å². The average Bonchev–Trinajstić information content (AvgIpc) is 3.09. The van der Waals surface area contributed by atoms with Crippen molar-refractivity contribution in [3.63, 3.8) is 0 Å². The maximum Gasteiger partial charge on any atom is 0.300 e. The third-order valence-electron chi connectivity index (χ3n) is 5.99. The number of aliphatic hydroxyl groups is 1. The highest BCUT2D eigenvalue weighted by Crippen LogP contribution is 2.42. The van der Waals surface area contributed by atoms with Gasteiger partial charge in [0, 0.05) is 23.6 Å². The van der Waals surface area contributed by atoms with Crippen LogP contribution in [0.15, 0.2) is 72.6 Å². The molecular formula is C27H26N2O4. The number of carbonyl (C=O) groups excluding carboxylic acids is 2. The van der Waals surface area contributed by atoms with E-state index in [0.717, 1.165) is 11.1 Å². The number of nitrogens with zero attached hydrogens (tertiary/aromatic N) is 2. The van der Waals surface area contributed by atoms with Crippen molar-refractivity contribution in [1.82, 2.24) is 4.98 Å². The summed E-state index contributed by atoms with van der Waals surface area (Å²) >= 11 is 0. The van der Waals surface area contributed by atoms with Gasteiger partial charge in [-0.05, 0) is 72.0 Å². The van der Waals surface area contributed by atoms with Crippen LogP contribution in [-0.4, -0.2) is 28.9 Å². The second-order valence-electron chi connectivity index (χ2n) is 8.38. The Kier molecular flexibility index (Phi) is 6.01. The highest BCUT2D eigenvalue weighted by molar-refractivity contribution is 6.51. The minimum absolute atomic E-state index is 0.0485. The van der Waals surface area contributed by atoms with Gasteiger partial charge >= 0.3 is 0 Å². The number of methoxy groups -OCH3 is 1. The van der Waals surface area contributed by atoms with Crippen molar-refractivity contribution >= 4 is 23.1 Å². The summed E-state index contributed by atoms with van der Waals surface area (Å²) in [6, 6.07) is 15.5. The fourth-order valence-electron chi connectivity index (χ4n) is 4.15. The molecule has 6 nitrogen and oxygen atoms in total. The zero-order chi connectivity index (χ0) is 23.7. The molecular weight excluding hydrogens is 416 g/mol. The summed E-state index contributed by atoms with van der Waals surface area (Å²) in [5.41, 5.74) is 3.66. The number of aliphatic hydroxyl groups excluding tert-OH is 1. The van der Waals surface area contributed by atoms with Crippen LogP contribution in [0.3, 0.4) is 0 Å². The molecule has 33 heavy (non-hydrogen) atoms. The number of ether oxygens (including phenoxy) is 1. The minimum atomic E-state index is -0.778. The lowest BCUT2D eigenvalue weighted by Crippen LogP contribution is -2.29. The van der Waals surface area contributed by atoms with Crippen molar-refractivity contribution in [3.8, 4) is 5.75 Å². The highest BCUT2D eigenvalue weighted by Gasteiger charge is 2.47. The smallest absolute Gasteiger partial charge is 0.300 e. The van der Waals surface area contributed by atoms with Crippen LogP contribution in [0.4, 0.5) is 5.69 Å². The van der Waals surface area contributed by atoms with E-state index in [1.54, 1.807) is 49.8 Å². The predicted octanol–water partition coefficient (Wildman–Crippen LogP) is 5.15. The van der Waals surface area contributed by atoms with Crippen LogP contribution in [-0.2, 0) is 9.59 Å². The van der Waals surface area contributed by atoms with E-state index < -0.39 is 17.7 Å². The van der Waals surface area contributed by atoms with Crippen LogP contribution in [0.1, 0.15) is 48.1 Å². The maximum atomic E-state index is 13.2. The summed E-state index contributed by atoms with van der Waals surface area (Å²) in [5.74, 6) is -0.639. The highest BCUT2D eigenvalue weighted by atomic mass is 16.5. The van der Waals surface area contributed by atoms with Gasteiger partial charge in [0.25, 0.3) is 11.7 Å². The molecule has 1 aliphatic rings. The van der Waals surface area contributed by atoms with Crippen LogP contribution < -0.4 is 9.64 Å². The van der Waals surface area contributed by atoms with Crippen molar-refractivity contribution in [1.29, 1.82) is 0 Å². The number of carbonyl (C=O) groups is 2. The van der Waals surface area contributed by atoms with E-state index in [2.05, 4.69) is 18.8 Å². The lowest BCUT2D eigenvalue weighted by molar-refractivity contribution is -0.132. The minimum Gasteiger partial charge on any atom is -0.507 e. The number of anilines is 1. The first-order chi connectivity index (χ1) is 15.8. The van der Waals surface area contributed by atoms with Gasteiger partial charge in [-0.25, -0.2) is 0 Å². The number of pyridine rings is 1. The van der Waals surface area contributed by atoms with Gasteiger partial charge in [-0.1, -0.05) is 26.0 Å². The molecule has 2 heterocycles. The summed E-state index contributed by atoms with van der Waals surface area (Å²) in [5, 5.41) is 11.3. The molecule has 0 spiro atoms. The van der Waals surface area contributed by atoms with Gasteiger partial charge in [-0.3, -0.25) is 19.5 Å². The van der Waals surface area contributed by atoms with Gasteiger partial charge in [-0.2, -0.15) is 0 Å². The van der Waals surface area contributed by atoms with E-state index in [1.807, 2.05) is 31.2 Å². The number of hydrogen-bond donors (Lipinski definition) is 1. The van der Waals surface area contributed by atoms with Gasteiger partial charge < -0.3 is 9.84 Å². The monoisotopic (exact) mass is 442 g/mol. The Hall–Kier alpha value is -3.93. The van der Waals surface area contributed by atoms with E-state index in [-0.39, 0.29) is 11.3 Å². The van der Waals surface area contributed by atoms with E-state index in [4.69, 9.17) is 4.74 Å². The van der Waals surface area contributed by atoms with Crippen molar-refractivity contribution in [2.75, 3.05) is 12.0 Å². The summed E-state index contributed by atoms with van der Waals surface area (Å²) in [4.78, 5) is 32.0. The number of Topliss-reactive ketones (excluding diaryl/α,β-unsaturated/α-hetero) is 1. The molecule has 0 bridgehead atoms. The molecule has 1 fully saturated rings. The molecule has 3 aromatic rings. The van der Waals surface area contributed by atoms with E-state index >= 15 is 0 Å². The molecule has 1 aliphatic heterocycles. The van der Waals surface area contributed by atoms with Crippen LogP contribution in [0.2, 0.25) is 0 Å². The van der Waals surface area contributed by atoms with Crippen molar-refractivity contribution in [2.24, 2.45) is 0 Å². The summed E-state index contributed by atoms with van der Waals surface area (Å²) in [6.07, 6.45) is 3.21. The zero-order valence-electron chi connectivity index (χ0n) is 19.1. The lowest BCUT2D eigenvalue weighted by Gasteiger charge is -2.25. The molecule has 1 aromatic heterocycles. The molecule has 6 heteroatoms. The third kappa shape index (κ3) is 4.00. The van der Waals surface area contributed by atoms with Crippen molar-refractivity contribution < 1.29 is 19.4 Å². The van der Waals surface area contributed by atoms with Gasteiger partial charge in [0.2, 0.25) is 0 Å². The molecule has 1 N–H and O–H groups in total. The van der Waals surface area contributed by atoms with Crippen molar-refractivity contribution in [3.05, 3.63) is 94.8 Å². The fourth-order valence-corrected chi connectivity index (χ4v) is 4.15. The largest absolute Gasteiger partial charge is 0.507 e. The summed E-state index contributed by atoms with van der Waals surface area (Å²) < 4.78 is 5.25. The molecule has 4 rings (SSSR count). The SMILES string of the molecule is COc1ccc(/C(O)=C2/C(=O)C(=O)N(c3ccc(C(C)C)cc3)C2c2ccncc2)c(C)c1. The molecule has 1 amide bonds. The normalized spacial score (nSPS) is 17.6. The van der Waals surface area contributed by atoms with E-state index in [1.165, 1.54) is 4.90 Å². The molecule has 0 radical (unpaired) electrons. The van der Waals surface area contributed by atoms with Crippen molar-refractivity contribution in [2.45, 2.75) is 32.7 Å². The van der Waals surface area contributed by atoms with Gasteiger partial charge in [0.1, 0.15) is 11.5 Å². The maximum absolute atomic E-state index is 13.2. The average molecular weight is 443 g/mol. The second kappa shape index (κ2) is 8.90.